The molecule has 6 rings (SSSR count). The third-order valence-corrected chi connectivity index (χ3v) is 6.79. The largest absolute Gasteiger partial charge is 0.365 e. The van der Waals surface area contributed by atoms with Crippen molar-refractivity contribution in [2.45, 2.75) is 57.0 Å². The first kappa shape index (κ1) is 13.9. The van der Waals surface area contributed by atoms with Gasteiger partial charge in [-0.25, -0.2) is 4.98 Å². The van der Waals surface area contributed by atoms with E-state index in [-0.39, 0.29) is 0 Å². The summed E-state index contributed by atoms with van der Waals surface area (Å²) in [5.41, 5.74) is 1.81. The van der Waals surface area contributed by atoms with Crippen LogP contribution in [0.25, 0.3) is 11.2 Å². The molecule has 4 fully saturated rings. The fourth-order valence-corrected chi connectivity index (χ4v) is 5.11. The standard InChI is InChI=1S/C18H22ClN5/c19-18-22-16(21-14(9-1-2-9)10-3-4-10)15-17(23-18)24(8-20-15)13-6-5-11-7-12(11)13/h8-14H,1-7H2,(H,21,22,23)/t11-,12+,13?/m1/s1. The van der Waals surface area contributed by atoms with Crippen LogP contribution in [-0.2, 0) is 0 Å². The number of rotatable bonds is 5. The Hall–Kier alpha value is -1.36. The number of halogens is 1. The van der Waals surface area contributed by atoms with Gasteiger partial charge in [0.2, 0.25) is 5.28 Å². The van der Waals surface area contributed by atoms with Crippen LogP contribution in [0.3, 0.4) is 0 Å². The number of nitrogens with zero attached hydrogens (tertiary/aromatic N) is 4. The van der Waals surface area contributed by atoms with Crippen LogP contribution < -0.4 is 5.32 Å². The number of fused-ring (bicyclic) bond motifs is 2. The maximum absolute atomic E-state index is 6.28. The zero-order valence-corrected chi connectivity index (χ0v) is 14.4. The molecule has 0 saturated heterocycles. The molecule has 6 heteroatoms. The lowest BCUT2D eigenvalue weighted by atomic mass is 10.1. The summed E-state index contributed by atoms with van der Waals surface area (Å²) >= 11 is 6.28. The van der Waals surface area contributed by atoms with E-state index >= 15 is 0 Å². The van der Waals surface area contributed by atoms with E-state index in [9.17, 15) is 0 Å². The second-order valence-electron chi connectivity index (χ2n) is 8.31. The highest BCUT2D eigenvalue weighted by atomic mass is 35.5. The lowest BCUT2D eigenvalue weighted by molar-refractivity contribution is 0.469. The van der Waals surface area contributed by atoms with Gasteiger partial charge in [-0.05, 0) is 80.2 Å². The van der Waals surface area contributed by atoms with Gasteiger partial charge in [-0.15, -0.1) is 0 Å². The summed E-state index contributed by atoms with van der Waals surface area (Å²) in [7, 11) is 0. The molecule has 0 aromatic carbocycles. The molecular formula is C18H22ClN5. The summed E-state index contributed by atoms with van der Waals surface area (Å²) < 4.78 is 2.27. The second-order valence-corrected chi connectivity index (χ2v) is 8.65. The summed E-state index contributed by atoms with van der Waals surface area (Å²) in [5, 5.41) is 4.04. The molecule has 2 heterocycles. The number of hydrogen-bond acceptors (Lipinski definition) is 4. The van der Waals surface area contributed by atoms with Gasteiger partial charge in [-0.2, -0.15) is 9.97 Å². The van der Waals surface area contributed by atoms with Crippen molar-refractivity contribution in [1.82, 2.24) is 19.5 Å². The van der Waals surface area contributed by atoms with Gasteiger partial charge in [0.05, 0.1) is 6.33 Å². The predicted octanol–water partition coefficient (Wildman–Crippen LogP) is 4.05. The van der Waals surface area contributed by atoms with Gasteiger partial charge in [0.25, 0.3) is 0 Å². The molecule has 4 aliphatic rings. The van der Waals surface area contributed by atoms with Crippen LogP contribution in [0.1, 0.15) is 51.0 Å². The molecule has 0 aliphatic heterocycles. The zero-order valence-electron chi connectivity index (χ0n) is 13.7. The molecule has 1 unspecified atom stereocenters. The van der Waals surface area contributed by atoms with Crippen molar-refractivity contribution in [2.24, 2.45) is 23.7 Å². The van der Waals surface area contributed by atoms with Crippen LogP contribution in [0.4, 0.5) is 5.82 Å². The first-order valence-corrected chi connectivity index (χ1v) is 9.82. The molecule has 3 atom stereocenters. The van der Waals surface area contributed by atoms with Crippen LogP contribution in [-0.4, -0.2) is 25.6 Å². The Balaban J connectivity index is 1.39. The molecule has 4 aliphatic carbocycles. The smallest absolute Gasteiger partial charge is 0.226 e. The van der Waals surface area contributed by atoms with Crippen molar-refractivity contribution < 1.29 is 0 Å². The van der Waals surface area contributed by atoms with Gasteiger partial charge in [0.15, 0.2) is 17.0 Å². The maximum atomic E-state index is 6.28. The second kappa shape index (κ2) is 4.84. The lowest BCUT2D eigenvalue weighted by Crippen LogP contribution is -2.25. The first-order valence-electron chi connectivity index (χ1n) is 9.44. The number of imidazole rings is 1. The highest BCUT2D eigenvalue weighted by Crippen LogP contribution is 2.57. The highest BCUT2D eigenvalue weighted by Gasteiger charge is 2.49. The number of anilines is 1. The Morgan fingerprint density at radius 3 is 2.50 bits per heavy atom. The van der Waals surface area contributed by atoms with E-state index in [0.29, 0.717) is 17.4 Å². The molecule has 2 aromatic rings. The molecule has 5 nitrogen and oxygen atoms in total. The van der Waals surface area contributed by atoms with Crippen molar-refractivity contribution in [1.29, 1.82) is 0 Å². The van der Waals surface area contributed by atoms with Gasteiger partial charge >= 0.3 is 0 Å². The molecule has 2 aromatic heterocycles. The summed E-state index contributed by atoms with van der Waals surface area (Å²) in [4.78, 5) is 13.7. The van der Waals surface area contributed by atoms with Crippen LogP contribution in [0.2, 0.25) is 5.28 Å². The molecule has 0 amide bonds. The van der Waals surface area contributed by atoms with Crippen molar-refractivity contribution in [3.63, 3.8) is 0 Å². The Bertz CT molecular complexity index is 797. The lowest BCUT2D eigenvalue weighted by Gasteiger charge is -2.19. The summed E-state index contributed by atoms with van der Waals surface area (Å²) in [6, 6.07) is 1.10. The van der Waals surface area contributed by atoms with Crippen molar-refractivity contribution in [3.05, 3.63) is 11.6 Å². The predicted molar refractivity (Wildman–Crippen MR) is 93.1 cm³/mol. The van der Waals surface area contributed by atoms with Crippen LogP contribution in [0, 0.1) is 23.7 Å². The Morgan fingerprint density at radius 1 is 1.08 bits per heavy atom. The molecule has 126 valence electrons. The quantitative estimate of drug-likeness (QED) is 0.832. The molecule has 0 spiro atoms. The van der Waals surface area contributed by atoms with E-state index in [1.54, 1.807) is 0 Å². The van der Waals surface area contributed by atoms with Crippen molar-refractivity contribution in [2.75, 3.05) is 5.32 Å². The summed E-state index contributed by atoms with van der Waals surface area (Å²) in [6.45, 7) is 0. The van der Waals surface area contributed by atoms with Gasteiger partial charge in [-0.1, -0.05) is 0 Å². The highest BCUT2D eigenvalue weighted by molar-refractivity contribution is 6.28. The topological polar surface area (TPSA) is 55.6 Å². The van der Waals surface area contributed by atoms with E-state index in [1.165, 1.54) is 44.9 Å². The Kier molecular flexibility index (Phi) is 2.80. The van der Waals surface area contributed by atoms with Crippen LogP contribution >= 0.6 is 11.6 Å². The minimum absolute atomic E-state index is 0.336. The summed E-state index contributed by atoms with van der Waals surface area (Å²) in [6.07, 6.45) is 11.3. The number of hydrogen-bond donors (Lipinski definition) is 1. The maximum Gasteiger partial charge on any atom is 0.226 e. The molecule has 4 saturated carbocycles. The monoisotopic (exact) mass is 343 g/mol. The van der Waals surface area contributed by atoms with E-state index in [2.05, 4.69) is 24.8 Å². The fraction of sp³-hybridized carbons (Fsp3) is 0.722. The average Bonchev–Trinajstić information content (AvgIpc) is 3.46. The third kappa shape index (κ3) is 2.17. The number of nitrogens with one attached hydrogen (secondary N) is 1. The molecule has 0 bridgehead atoms. The van der Waals surface area contributed by atoms with E-state index in [0.717, 1.165) is 40.7 Å². The SMILES string of the molecule is Clc1nc(NC(C2CC2)C2CC2)c2ncn(C3CC[C@@H]4C[C@H]34)c2n1. The Labute approximate surface area is 146 Å². The van der Waals surface area contributed by atoms with E-state index < -0.39 is 0 Å². The first-order chi connectivity index (χ1) is 11.8. The minimum Gasteiger partial charge on any atom is -0.365 e. The molecule has 0 radical (unpaired) electrons. The molecule has 1 N–H and O–H groups in total. The van der Waals surface area contributed by atoms with Gasteiger partial charge in [-0.3, -0.25) is 0 Å². The van der Waals surface area contributed by atoms with E-state index in [1.807, 2.05) is 6.33 Å². The van der Waals surface area contributed by atoms with Crippen LogP contribution in [0.5, 0.6) is 0 Å². The normalized spacial score (nSPS) is 31.7. The third-order valence-electron chi connectivity index (χ3n) is 6.62. The molecular weight excluding hydrogens is 322 g/mol. The number of aromatic nitrogens is 4. The van der Waals surface area contributed by atoms with E-state index in [4.69, 9.17) is 11.6 Å². The van der Waals surface area contributed by atoms with Gasteiger partial charge in [0.1, 0.15) is 0 Å². The van der Waals surface area contributed by atoms with Gasteiger partial charge < -0.3 is 9.88 Å². The van der Waals surface area contributed by atoms with Crippen molar-refractivity contribution in [3.8, 4) is 0 Å². The molecule has 24 heavy (non-hydrogen) atoms. The Morgan fingerprint density at radius 2 is 1.88 bits per heavy atom. The zero-order chi connectivity index (χ0) is 15.8. The summed E-state index contributed by atoms with van der Waals surface area (Å²) in [5.74, 6) is 4.24. The fourth-order valence-electron chi connectivity index (χ4n) is 4.94. The van der Waals surface area contributed by atoms with Crippen LogP contribution in [0.15, 0.2) is 6.33 Å². The minimum atomic E-state index is 0.336. The average molecular weight is 344 g/mol. The van der Waals surface area contributed by atoms with Crippen molar-refractivity contribution >= 4 is 28.6 Å². The van der Waals surface area contributed by atoms with Gasteiger partial charge in [0, 0.05) is 12.1 Å².